The van der Waals surface area contributed by atoms with Gasteiger partial charge in [0.2, 0.25) is 0 Å². The minimum atomic E-state index is 0.827. The molecule has 0 radical (unpaired) electrons. The van der Waals surface area contributed by atoms with Gasteiger partial charge in [0.15, 0.2) is 0 Å². The highest BCUT2D eigenvalue weighted by Crippen LogP contribution is 2.51. The standard InChI is InChI=1S/C24H22O2S/c1-15-9-7-10-16(2)21(15)22-17-11-5-6-14-20(17)27-24(22)23-18(25-3)12-8-13-19(23)26-4/h5-14H,1-4H3. The van der Waals surface area contributed by atoms with Crippen molar-refractivity contribution < 1.29 is 9.47 Å². The number of aryl methyl sites for hydroxylation is 2. The minimum absolute atomic E-state index is 0.827. The Morgan fingerprint density at radius 3 is 1.85 bits per heavy atom. The fourth-order valence-electron chi connectivity index (χ4n) is 3.75. The van der Waals surface area contributed by atoms with Crippen molar-refractivity contribution >= 4 is 21.4 Å². The first-order valence-electron chi connectivity index (χ1n) is 8.95. The highest BCUT2D eigenvalue weighted by molar-refractivity contribution is 7.23. The SMILES string of the molecule is COc1cccc(OC)c1-c1sc2ccccc2c1-c1c(C)cccc1C. The maximum absolute atomic E-state index is 5.72. The average molecular weight is 375 g/mol. The number of hydrogen-bond donors (Lipinski definition) is 0. The Balaban J connectivity index is 2.16. The quantitative estimate of drug-likeness (QED) is 0.388. The van der Waals surface area contributed by atoms with E-state index < -0.39 is 0 Å². The van der Waals surface area contributed by atoms with Gasteiger partial charge in [0.05, 0.1) is 24.7 Å². The first-order valence-corrected chi connectivity index (χ1v) is 9.76. The summed E-state index contributed by atoms with van der Waals surface area (Å²) in [6.45, 7) is 4.36. The zero-order valence-electron chi connectivity index (χ0n) is 16.0. The van der Waals surface area contributed by atoms with Gasteiger partial charge in [0.25, 0.3) is 0 Å². The summed E-state index contributed by atoms with van der Waals surface area (Å²) in [4.78, 5) is 1.18. The fraction of sp³-hybridized carbons (Fsp3) is 0.167. The number of rotatable bonds is 4. The smallest absolute Gasteiger partial charge is 0.131 e. The molecule has 0 aliphatic heterocycles. The number of methoxy groups -OCH3 is 2. The molecule has 0 bridgehead atoms. The van der Waals surface area contributed by atoms with Crippen molar-refractivity contribution in [3.63, 3.8) is 0 Å². The van der Waals surface area contributed by atoms with Crippen molar-refractivity contribution in [1.29, 1.82) is 0 Å². The van der Waals surface area contributed by atoms with Gasteiger partial charge < -0.3 is 9.47 Å². The largest absolute Gasteiger partial charge is 0.496 e. The van der Waals surface area contributed by atoms with Crippen LogP contribution in [0.25, 0.3) is 31.7 Å². The molecular weight excluding hydrogens is 352 g/mol. The Labute approximate surface area is 164 Å². The maximum atomic E-state index is 5.72. The molecule has 4 rings (SSSR count). The van der Waals surface area contributed by atoms with E-state index >= 15 is 0 Å². The van der Waals surface area contributed by atoms with Crippen LogP contribution in [0.5, 0.6) is 11.5 Å². The normalized spacial score (nSPS) is 11.0. The van der Waals surface area contributed by atoms with Crippen molar-refractivity contribution in [3.05, 3.63) is 71.8 Å². The van der Waals surface area contributed by atoms with Crippen LogP contribution in [-0.2, 0) is 0 Å². The Kier molecular flexibility index (Phi) is 4.63. The number of thiophene rings is 1. The van der Waals surface area contributed by atoms with Gasteiger partial charge in [-0.25, -0.2) is 0 Å². The molecule has 0 saturated heterocycles. The number of hydrogen-bond acceptors (Lipinski definition) is 3. The van der Waals surface area contributed by atoms with Crippen molar-refractivity contribution in [2.24, 2.45) is 0 Å². The molecule has 0 aliphatic rings. The van der Waals surface area contributed by atoms with Crippen molar-refractivity contribution in [2.45, 2.75) is 13.8 Å². The summed E-state index contributed by atoms with van der Waals surface area (Å²) < 4.78 is 12.7. The zero-order chi connectivity index (χ0) is 19.0. The lowest BCUT2D eigenvalue weighted by molar-refractivity contribution is 0.397. The van der Waals surface area contributed by atoms with Crippen LogP contribution in [0.4, 0.5) is 0 Å². The Bertz CT molecular complexity index is 1080. The zero-order valence-corrected chi connectivity index (χ0v) is 16.8. The molecular formula is C24H22O2S. The summed E-state index contributed by atoms with van der Waals surface area (Å²) in [5, 5.41) is 1.27. The molecule has 0 N–H and O–H groups in total. The fourth-order valence-corrected chi connectivity index (χ4v) is 5.02. The topological polar surface area (TPSA) is 18.5 Å². The van der Waals surface area contributed by atoms with E-state index in [0.717, 1.165) is 17.1 Å². The minimum Gasteiger partial charge on any atom is -0.496 e. The third-order valence-electron chi connectivity index (χ3n) is 4.98. The highest BCUT2D eigenvalue weighted by Gasteiger charge is 2.23. The van der Waals surface area contributed by atoms with Crippen LogP contribution < -0.4 is 9.47 Å². The van der Waals surface area contributed by atoms with Crippen LogP contribution in [0.2, 0.25) is 0 Å². The van der Waals surface area contributed by atoms with Crippen LogP contribution >= 0.6 is 11.3 Å². The molecule has 0 aliphatic carbocycles. The first-order chi connectivity index (χ1) is 13.2. The lowest BCUT2D eigenvalue weighted by Crippen LogP contribution is -1.94. The van der Waals surface area contributed by atoms with Crippen LogP contribution in [0.15, 0.2) is 60.7 Å². The molecule has 3 aromatic carbocycles. The molecule has 1 heterocycles. The summed E-state index contributed by atoms with van der Waals surface area (Å²) in [5.74, 6) is 1.65. The summed E-state index contributed by atoms with van der Waals surface area (Å²) in [5.41, 5.74) is 6.11. The van der Waals surface area contributed by atoms with Gasteiger partial charge in [-0.05, 0) is 48.7 Å². The Morgan fingerprint density at radius 1 is 0.630 bits per heavy atom. The summed E-state index contributed by atoms with van der Waals surface area (Å²) in [6.07, 6.45) is 0. The van der Waals surface area contributed by atoms with Crippen molar-refractivity contribution in [1.82, 2.24) is 0 Å². The van der Waals surface area contributed by atoms with Crippen LogP contribution in [0.1, 0.15) is 11.1 Å². The van der Waals surface area contributed by atoms with Gasteiger partial charge in [0, 0.05) is 15.6 Å². The van der Waals surface area contributed by atoms with Crippen LogP contribution in [0.3, 0.4) is 0 Å². The molecule has 0 spiro atoms. The molecule has 4 aromatic rings. The van der Waals surface area contributed by atoms with Crippen LogP contribution in [-0.4, -0.2) is 14.2 Å². The van der Waals surface area contributed by atoms with E-state index in [0.29, 0.717) is 0 Å². The van der Waals surface area contributed by atoms with E-state index in [4.69, 9.17) is 9.47 Å². The summed E-state index contributed by atoms with van der Waals surface area (Å²) in [7, 11) is 3.43. The third kappa shape index (κ3) is 2.88. The first kappa shape index (κ1) is 17.6. The number of benzene rings is 3. The summed E-state index contributed by atoms with van der Waals surface area (Å²) >= 11 is 1.79. The van der Waals surface area contributed by atoms with E-state index in [1.54, 1.807) is 25.6 Å². The monoisotopic (exact) mass is 374 g/mol. The second kappa shape index (κ2) is 7.09. The Hall–Kier alpha value is -2.78. The molecule has 0 atom stereocenters. The molecule has 3 heteroatoms. The molecule has 27 heavy (non-hydrogen) atoms. The predicted octanol–water partition coefficient (Wildman–Crippen LogP) is 6.87. The van der Waals surface area contributed by atoms with Crippen molar-refractivity contribution in [3.8, 4) is 33.1 Å². The second-order valence-corrected chi connectivity index (χ2v) is 7.66. The van der Waals surface area contributed by atoms with Gasteiger partial charge >= 0.3 is 0 Å². The molecule has 2 nitrogen and oxygen atoms in total. The lowest BCUT2D eigenvalue weighted by Gasteiger charge is -2.16. The van der Waals surface area contributed by atoms with Gasteiger partial charge in [0.1, 0.15) is 11.5 Å². The van der Waals surface area contributed by atoms with Gasteiger partial charge in [-0.1, -0.05) is 42.5 Å². The van der Waals surface area contributed by atoms with Crippen LogP contribution in [0, 0.1) is 13.8 Å². The molecule has 1 aromatic heterocycles. The van der Waals surface area contributed by atoms with E-state index in [1.165, 1.54) is 37.2 Å². The molecule has 0 amide bonds. The van der Waals surface area contributed by atoms with E-state index in [-0.39, 0.29) is 0 Å². The maximum Gasteiger partial charge on any atom is 0.131 e. The molecule has 136 valence electrons. The predicted molar refractivity (Wildman–Crippen MR) is 115 cm³/mol. The van der Waals surface area contributed by atoms with E-state index in [2.05, 4.69) is 56.3 Å². The third-order valence-corrected chi connectivity index (χ3v) is 6.17. The second-order valence-electron chi connectivity index (χ2n) is 6.61. The molecule has 0 saturated carbocycles. The number of fused-ring (bicyclic) bond motifs is 1. The van der Waals surface area contributed by atoms with Crippen molar-refractivity contribution in [2.75, 3.05) is 14.2 Å². The van der Waals surface area contributed by atoms with Gasteiger partial charge in [-0.3, -0.25) is 0 Å². The van der Waals surface area contributed by atoms with E-state index in [9.17, 15) is 0 Å². The summed E-state index contributed by atoms with van der Waals surface area (Å²) in [6, 6.07) is 21.0. The number of ether oxygens (including phenoxy) is 2. The molecule has 0 fully saturated rings. The highest BCUT2D eigenvalue weighted by atomic mass is 32.1. The van der Waals surface area contributed by atoms with E-state index in [1.807, 2.05) is 18.2 Å². The molecule has 0 unspecified atom stereocenters. The Morgan fingerprint density at radius 2 is 1.22 bits per heavy atom. The van der Waals surface area contributed by atoms with Gasteiger partial charge in [-0.15, -0.1) is 11.3 Å². The lowest BCUT2D eigenvalue weighted by atomic mass is 9.91. The average Bonchev–Trinajstić information content (AvgIpc) is 3.06. The van der Waals surface area contributed by atoms with Gasteiger partial charge in [-0.2, -0.15) is 0 Å².